The molecule has 0 bridgehead atoms. The second-order valence-electron chi connectivity index (χ2n) is 5.97. The van der Waals surface area contributed by atoms with E-state index in [9.17, 15) is 9.18 Å². The molecule has 0 aliphatic carbocycles. The lowest BCUT2D eigenvalue weighted by atomic mass is 9.90. The van der Waals surface area contributed by atoms with Crippen molar-refractivity contribution < 1.29 is 9.18 Å². The molecule has 0 spiro atoms. The predicted molar refractivity (Wildman–Crippen MR) is 88.0 cm³/mol. The van der Waals surface area contributed by atoms with Crippen LogP contribution < -0.4 is 0 Å². The van der Waals surface area contributed by atoms with Crippen LogP contribution in [0.2, 0.25) is 0 Å². The summed E-state index contributed by atoms with van der Waals surface area (Å²) in [6.45, 7) is 3.48. The van der Waals surface area contributed by atoms with Crippen molar-refractivity contribution in [3.05, 3.63) is 46.2 Å². The first-order valence-electron chi connectivity index (χ1n) is 8.02. The molecule has 2 aromatic rings. The molecule has 23 heavy (non-hydrogen) atoms. The van der Waals surface area contributed by atoms with Crippen LogP contribution in [0.25, 0.3) is 0 Å². The van der Waals surface area contributed by atoms with Crippen LogP contribution in [-0.2, 0) is 12.8 Å². The number of amides is 1. The second kappa shape index (κ2) is 7.17. The van der Waals surface area contributed by atoms with Gasteiger partial charge in [-0.2, -0.15) is 0 Å². The Kier molecular flexibility index (Phi) is 5.00. The molecule has 1 aromatic heterocycles. The van der Waals surface area contributed by atoms with Gasteiger partial charge in [-0.3, -0.25) is 4.79 Å². The number of likely N-dealkylation sites (tertiary alicyclic amines) is 1. The van der Waals surface area contributed by atoms with Crippen LogP contribution in [0, 0.1) is 11.7 Å². The smallest absolute Gasteiger partial charge is 0.267 e. The molecule has 0 radical (unpaired) electrons. The summed E-state index contributed by atoms with van der Waals surface area (Å²) in [5, 5.41) is 4.02. The highest BCUT2D eigenvalue weighted by Gasteiger charge is 2.26. The number of piperidine rings is 1. The average molecular weight is 333 g/mol. The predicted octanol–water partition coefficient (Wildman–Crippen LogP) is 3.33. The maximum Gasteiger partial charge on any atom is 0.267 e. The zero-order valence-electron chi connectivity index (χ0n) is 13.2. The van der Waals surface area contributed by atoms with Crippen LogP contribution in [-0.4, -0.2) is 33.5 Å². The molecule has 4 nitrogen and oxygen atoms in total. The summed E-state index contributed by atoms with van der Waals surface area (Å²) in [5.41, 5.74) is 1.83. The Bertz CT molecular complexity index is 680. The zero-order valence-corrected chi connectivity index (χ0v) is 14.0. The molecule has 1 aliphatic rings. The summed E-state index contributed by atoms with van der Waals surface area (Å²) in [6.07, 6.45) is 3.52. The molecular weight excluding hydrogens is 313 g/mol. The number of nitrogens with zero attached hydrogens (tertiary/aromatic N) is 3. The third kappa shape index (κ3) is 3.75. The number of hydrogen-bond donors (Lipinski definition) is 0. The standard InChI is InChI=1S/C17H20FN3OS/c1-2-15-16(23-20-19-15)17(22)21-8-6-12(7-9-21)10-13-4-3-5-14(18)11-13/h3-5,11-12H,2,6-10H2,1H3. The molecule has 0 saturated carbocycles. The van der Waals surface area contributed by atoms with Gasteiger partial charge in [0, 0.05) is 13.1 Å². The minimum Gasteiger partial charge on any atom is -0.338 e. The number of rotatable bonds is 4. The van der Waals surface area contributed by atoms with Crippen molar-refractivity contribution in [3.63, 3.8) is 0 Å². The SMILES string of the molecule is CCc1nnsc1C(=O)N1CCC(Cc2cccc(F)c2)CC1. The first-order chi connectivity index (χ1) is 11.2. The number of carbonyl (C=O) groups excluding carboxylic acids is 1. The molecule has 1 aliphatic heterocycles. The Morgan fingerprint density at radius 3 is 2.87 bits per heavy atom. The number of aryl methyl sites for hydroxylation is 1. The first kappa shape index (κ1) is 16.1. The Morgan fingerprint density at radius 1 is 1.39 bits per heavy atom. The number of halogens is 1. The molecule has 0 unspecified atom stereocenters. The van der Waals surface area contributed by atoms with Crippen molar-refractivity contribution in [2.24, 2.45) is 5.92 Å². The third-order valence-corrected chi connectivity index (χ3v) is 5.16. The van der Waals surface area contributed by atoms with Gasteiger partial charge in [-0.1, -0.05) is 23.5 Å². The maximum absolute atomic E-state index is 13.3. The van der Waals surface area contributed by atoms with E-state index in [1.807, 2.05) is 17.9 Å². The van der Waals surface area contributed by atoms with E-state index in [1.54, 1.807) is 12.1 Å². The van der Waals surface area contributed by atoms with Gasteiger partial charge in [0.05, 0.1) is 5.69 Å². The van der Waals surface area contributed by atoms with Crippen molar-refractivity contribution in [2.75, 3.05) is 13.1 Å². The third-order valence-electron chi connectivity index (χ3n) is 4.40. The fraction of sp³-hybridized carbons (Fsp3) is 0.471. The van der Waals surface area contributed by atoms with Crippen LogP contribution in [0.15, 0.2) is 24.3 Å². The molecule has 0 N–H and O–H groups in total. The van der Waals surface area contributed by atoms with Crippen molar-refractivity contribution in [2.45, 2.75) is 32.6 Å². The van der Waals surface area contributed by atoms with E-state index in [2.05, 4.69) is 9.59 Å². The number of carbonyl (C=O) groups is 1. The normalized spacial score (nSPS) is 15.8. The van der Waals surface area contributed by atoms with Crippen LogP contribution in [0.1, 0.15) is 40.7 Å². The van der Waals surface area contributed by atoms with Gasteiger partial charge in [-0.05, 0) is 60.8 Å². The van der Waals surface area contributed by atoms with Crippen LogP contribution in [0.4, 0.5) is 4.39 Å². The summed E-state index contributed by atoms with van der Waals surface area (Å²) in [4.78, 5) is 15.1. The van der Waals surface area contributed by atoms with Crippen LogP contribution in [0.3, 0.4) is 0 Å². The largest absolute Gasteiger partial charge is 0.338 e. The quantitative estimate of drug-likeness (QED) is 0.862. The van der Waals surface area contributed by atoms with Gasteiger partial charge in [0.15, 0.2) is 0 Å². The van der Waals surface area contributed by atoms with Crippen molar-refractivity contribution in [3.8, 4) is 0 Å². The van der Waals surface area contributed by atoms with Crippen LogP contribution in [0.5, 0.6) is 0 Å². The summed E-state index contributed by atoms with van der Waals surface area (Å²) in [7, 11) is 0. The topological polar surface area (TPSA) is 46.1 Å². The highest BCUT2D eigenvalue weighted by Crippen LogP contribution is 2.24. The summed E-state index contributed by atoms with van der Waals surface area (Å²) in [5.74, 6) is 0.382. The minimum absolute atomic E-state index is 0.0565. The molecule has 6 heteroatoms. The molecule has 1 amide bonds. The van der Waals surface area contributed by atoms with Gasteiger partial charge in [-0.15, -0.1) is 5.10 Å². The van der Waals surface area contributed by atoms with E-state index in [-0.39, 0.29) is 11.7 Å². The van der Waals surface area contributed by atoms with E-state index in [1.165, 1.54) is 17.6 Å². The van der Waals surface area contributed by atoms with Gasteiger partial charge in [0.1, 0.15) is 10.7 Å². The fourth-order valence-corrected chi connectivity index (χ4v) is 3.80. The molecule has 1 fully saturated rings. The maximum atomic E-state index is 13.3. The number of aromatic nitrogens is 2. The Balaban J connectivity index is 1.57. The summed E-state index contributed by atoms with van der Waals surface area (Å²) >= 11 is 1.19. The molecular formula is C17H20FN3OS. The molecule has 2 heterocycles. The number of hydrogen-bond acceptors (Lipinski definition) is 4. The molecule has 1 saturated heterocycles. The monoisotopic (exact) mass is 333 g/mol. The van der Waals surface area contributed by atoms with Gasteiger partial charge in [0.25, 0.3) is 5.91 Å². The summed E-state index contributed by atoms with van der Waals surface area (Å²) in [6, 6.07) is 6.80. The lowest BCUT2D eigenvalue weighted by Gasteiger charge is -2.31. The lowest BCUT2D eigenvalue weighted by molar-refractivity contribution is 0.0694. The fourth-order valence-electron chi connectivity index (χ4n) is 3.08. The van der Waals surface area contributed by atoms with E-state index >= 15 is 0 Å². The molecule has 0 atom stereocenters. The van der Waals surface area contributed by atoms with E-state index in [0.29, 0.717) is 10.8 Å². The minimum atomic E-state index is -0.181. The zero-order chi connectivity index (χ0) is 16.2. The highest BCUT2D eigenvalue weighted by molar-refractivity contribution is 7.08. The highest BCUT2D eigenvalue weighted by atomic mass is 32.1. The Morgan fingerprint density at radius 2 is 2.17 bits per heavy atom. The molecule has 122 valence electrons. The van der Waals surface area contributed by atoms with Crippen molar-refractivity contribution in [1.82, 2.24) is 14.5 Å². The second-order valence-corrected chi connectivity index (χ2v) is 6.73. The van der Waals surface area contributed by atoms with E-state index in [4.69, 9.17) is 0 Å². The Hall–Kier alpha value is -1.82. The van der Waals surface area contributed by atoms with E-state index < -0.39 is 0 Å². The summed E-state index contributed by atoms with van der Waals surface area (Å²) < 4.78 is 17.2. The molecule has 3 rings (SSSR count). The van der Waals surface area contributed by atoms with E-state index in [0.717, 1.165) is 50.0 Å². The number of benzene rings is 1. The van der Waals surface area contributed by atoms with Gasteiger partial charge < -0.3 is 4.90 Å². The lowest BCUT2D eigenvalue weighted by Crippen LogP contribution is -2.38. The average Bonchev–Trinajstić information content (AvgIpc) is 3.03. The van der Waals surface area contributed by atoms with Crippen LogP contribution >= 0.6 is 11.5 Å². The van der Waals surface area contributed by atoms with Gasteiger partial charge >= 0.3 is 0 Å². The molecule has 1 aromatic carbocycles. The Labute approximate surface area is 139 Å². The van der Waals surface area contributed by atoms with Crippen molar-refractivity contribution in [1.29, 1.82) is 0 Å². The van der Waals surface area contributed by atoms with Gasteiger partial charge in [-0.25, -0.2) is 4.39 Å². The van der Waals surface area contributed by atoms with Gasteiger partial charge in [0.2, 0.25) is 0 Å². The first-order valence-corrected chi connectivity index (χ1v) is 8.79. The van der Waals surface area contributed by atoms with Crippen molar-refractivity contribution >= 4 is 17.4 Å².